The van der Waals surface area contributed by atoms with Crippen LogP contribution in [-0.4, -0.2) is 30.7 Å². The highest BCUT2D eigenvalue weighted by atomic mass is 16.5. The van der Waals surface area contributed by atoms with Gasteiger partial charge in [0, 0.05) is 11.9 Å². The summed E-state index contributed by atoms with van der Waals surface area (Å²) in [4.78, 5) is 18.6. The number of methoxy groups -OCH3 is 1. The van der Waals surface area contributed by atoms with Crippen molar-refractivity contribution in [2.45, 2.75) is 19.0 Å². The van der Waals surface area contributed by atoms with Crippen molar-refractivity contribution in [3.05, 3.63) is 54.4 Å². The van der Waals surface area contributed by atoms with Gasteiger partial charge in [-0.3, -0.25) is 4.98 Å². The number of carbonyl (C=O) groups is 1. The first-order valence-electron chi connectivity index (χ1n) is 7.26. The van der Waals surface area contributed by atoms with Crippen LogP contribution < -0.4 is 9.64 Å². The van der Waals surface area contributed by atoms with E-state index in [-0.39, 0.29) is 18.1 Å². The standard InChI is InChI=1S/C17H18N2O3/c1-3-22-17(20)16-15(14-6-4-5-11-18-14)19(16)12-7-9-13(21-2)10-8-12/h4-11,15-16H,3H2,1-2H3/t15-,16-,19?/m1/s1. The van der Waals surface area contributed by atoms with Gasteiger partial charge in [-0.05, 0) is 43.3 Å². The van der Waals surface area contributed by atoms with Gasteiger partial charge in [0.2, 0.25) is 0 Å². The fourth-order valence-electron chi connectivity index (χ4n) is 2.63. The third-order valence-electron chi connectivity index (χ3n) is 3.70. The van der Waals surface area contributed by atoms with E-state index in [2.05, 4.69) is 4.98 Å². The third-order valence-corrected chi connectivity index (χ3v) is 3.70. The number of hydrogen-bond donors (Lipinski definition) is 0. The first-order chi connectivity index (χ1) is 10.8. The molecule has 1 aliphatic heterocycles. The fraction of sp³-hybridized carbons (Fsp3) is 0.294. The number of rotatable bonds is 5. The van der Waals surface area contributed by atoms with Crippen LogP contribution in [0.25, 0.3) is 0 Å². The average molecular weight is 298 g/mol. The minimum atomic E-state index is -0.316. The van der Waals surface area contributed by atoms with Crippen molar-refractivity contribution in [1.82, 2.24) is 4.98 Å². The predicted molar refractivity (Wildman–Crippen MR) is 82.9 cm³/mol. The summed E-state index contributed by atoms with van der Waals surface area (Å²) in [7, 11) is 1.63. The van der Waals surface area contributed by atoms with Crippen LogP contribution in [0, 0.1) is 0 Å². The van der Waals surface area contributed by atoms with E-state index in [0.29, 0.717) is 6.61 Å². The molecule has 0 aliphatic carbocycles. The van der Waals surface area contributed by atoms with Crippen LogP contribution >= 0.6 is 0 Å². The highest BCUT2D eigenvalue weighted by molar-refractivity contribution is 5.88. The quantitative estimate of drug-likeness (QED) is 0.627. The van der Waals surface area contributed by atoms with Crippen LogP contribution in [-0.2, 0) is 9.53 Å². The van der Waals surface area contributed by atoms with Gasteiger partial charge in [-0.1, -0.05) is 6.07 Å². The third kappa shape index (κ3) is 2.62. The molecular formula is C17H18N2O3. The van der Waals surface area contributed by atoms with Crippen LogP contribution in [0.3, 0.4) is 0 Å². The zero-order valence-electron chi connectivity index (χ0n) is 12.6. The summed E-state index contributed by atoms with van der Waals surface area (Å²) in [5.41, 5.74) is 1.82. The second-order valence-corrected chi connectivity index (χ2v) is 5.00. The maximum Gasteiger partial charge on any atom is 0.331 e. The zero-order chi connectivity index (χ0) is 15.5. The number of carbonyl (C=O) groups excluding carboxylic acids is 1. The zero-order valence-corrected chi connectivity index (χ0v) is 12.6. The lowest BCUT2D eigenvalue weighted by Gasteiger charge is -2.07. The number of nitrogens with zero attached hydrogens (tertiary/aromatic N) is 2. The Morgan fingerprint density at radius 1 is 1.23 bits per heavy atom. The van der Waals surface area contributed by atoms with Gasteiger partial charge in [0.1, 0.15) is 11.8 Å². The van der Waals surface area contributed by atoms with E-state index in [9.17, 15) is 4.79 Å². The van der Waals surface area contributed by atoms with E-state index in [1.807, 2.05) is 54.3 Å². The monoisotopic (exact) mass is 298 g/mol. The minimum absolute atomic E-state index is 0.0753. The van der Waals surface area contributed by atoms with E-state index in [1.165, 1.54) is 0 Å². The average Bonchev–Trinajstić information content (AvgIpc) is 3.32. The van der Waals surface area contributed by atoms with Crippen LogP contribution in [0.4, 0.5) is 5.69 Å². The molecule has 1 aliphatic rings. The molecule has 1 aromatic heterocycles. The Bertz CT molecular complexity index is 643. The number of esters is 1. The Kier molecular flexibility index (Phi) is 3.96. The Hall–Kier alpha value is -2.56. The topological polar surface area (TPSA) is 51.4 Å². The van der Waals surface area contributed by atoms with Gasteiger partial charge in [-0.2, -0.15) is 0 Å². The molecule has 114 valence electrons. The van der Waals surface area contributed by atoms with Gasteiger partial charge in [0.25, 0.3) is 0 Å². The van der Waals surface area contributed by atoms with Gasteiger partial charge < -0.3 is 14.4 Å². The molecular weight excluding hydrogens is 280 g/mol. The Morgan fingerprint density at radius 3 is 2.59 bits per heavy atom. The number of ether oxygens (including phenoxy) is 2. The second-order valence-electron chi connectivity index (χ2n) is 5.00. The fourth-order valence-corrected chi connectivity index (χ4v) is 2.63. The molecule has 0 amide bonds. The molecule has 1 saturated heterocycles. The molecule has 22 heavy (non-hydrogen) atoms. The van der Waals surface area contributed by atoms with Crippen molar-refractivity contribution in [1.29, 1.82) is 0 Å². The largest absolute Gasteiger partial charge is 0.497 e. The van der Waals surface area contributed by atoms with E-state index in [1.54, 1.807) is 13.3 Å². The highest BCUT2D eigenvalue weighted by Gasteiger charge is 2.55. The molecule has 1 fully saturated rings. The first-order valence-corrected chi connectivity index (χ1v) is 7.26. The van der Waals surface area contributed by atoms with Crippen molar-refractivity contribution in [2.24, 2.45) is 0 Å². The maximum absolute atomic E-state index is 12.2. The molecule has 2 atom stereocenters. The molecule has 2 aromatic rings. The van der Waals surface area contributed by atoms with Crippen LogP contribution in [0.1, 0.15) is 18.7 Å². The second kappa shape index (κ2) is 6.05. The molecule has 3 rings (SSSR count). The van der Waals surface area contributed by atoms with Crippen molar-refractivity contribution < 1.29 is 14.3 Å². The van der Waals surface area contributed by atoms with Crippen molar-refractivity contribution >= 4 is 11.7 Å². The number of pyridine rings is 1. The van der Waals surface area contributed by atoms with E-state index in [4.69, 9.17) is 9.47 Å². The van der Waals surface area contributed by atoms with Gasteiger partial charge in [-0.15, -0.1) is 0 Å². The van der Waals surface area contributed by atoms with Gasteiger partial charge in [-0.25, -0.2) is 4.79 Å². The van der Waals surface area contributed by atoms with E-state index in [0.717, 1.165) is 17.1 Å². The van der Waals surface area contributed by atoms with Crippen molar-refractivity contribution in [2.75, 3.05) is 18.6 Å². The molecule has 0 spiro atoms. The molecule has 0 bridgehead atoms. The molecule has 0 radical (unpaired) electrons. The molecule has 5 nitrogen and oxygen atoms in total. The highest BCUT2D eigenvalue weighted by Crippen LogP contribution is 2.47. The summed E-state index contributed by atoms with van der Waals surface area (Å²) in [5, 5.41) is 0. The summed E-state index contributed by atoms with van der Waals surface area (Å²) < 4.78 is 10.4. The molecule has 1 aromatic carbocycles. The van der Waals surface area contributed by atoms with Gasteiger partial charge in [0.15, 0.2) is 6.04 Å². The van der Waals surface area contributed by atoms with Gasteiger partial charge in [0.05, 0.1) is 19.4 Å². The summed E-state index contributed by atoms with van der Waals surface area (Å²) in [5.74, 6) is 0.571. The normalized spacial score (nSPS) is 19.6. The number of hydrogen-bond acceptors (Lipinski definition) is 5. The number of anilines is 1. The molecule has 5 heteroatoms. The molecule has 0 unspecified atom stereocenters. The number of aromatic nitrogens is 1. The number of benzene rings is 1. The van der Waals surface area contributed by atoms with Crippen LogP contribution in [0.2, 0.25) is 0 Å². The lowest BCUT2D eigenvalue weighted by atomic mass is 10.2. The van der Waals surface area contributed by atoms with Crippen LogP contribution in [0.15, 0.2) is 48.7 Å². The summed E-state index contributed by atoms with van der Waals surface area (Å²) in [6.07, 6.45) is 1.74. The van der Waals surface area contributed by atoms with E-state index >= 15 is 0 Å². The molecule has 2 heterocycles. The van der Waals surface area contributed by atoms with Gasteiger partial charge >= 0.3 is 5.97 Å². The molecule has 0 saturated carbocycles. The van der Waals surface area contributed by atoms with E-state index < -0.39 is 0 Å². The lowest BCUT2D eigenvalue weighted by Crippen LogP contribution is -2.16. The van der Waals surface area contributed by atoms with Crippen LogP contribution in [0.5, 0.6) is 5.75 Å². The van der Waals surface area contributed by atoms with Crippen molar-refractivity contribution in [3.8, 4) is 5.75 Å². The van der Waals surface area contributed by atoms with Crippen molar-refractivity contribution in [3.63, 3.8) is 0 Å². The maximum atomic E-state index is 12.2. The lowest BCUT2D eigenvalue weighted by molar-refractivity contribution is -0.142. The minimum Gasteiger partial charge on any atom is -0.497 e. The Labute approximate surface area is 129 Å². The SMILES string of the molecule is CCOC(=O)[C@H]1[C@@H](c2ccccn2)N1c1ccc(OC)cc1. The predicted octanol–water partition coefficient (Wildman–Crippen LogP) is 2.58. The Morgan fingerprint density at radius 2 is 2.00 bits per heavy atom. The summed E-state index contributed by atoms with van der Waals surface area (Å²) >= 11 is 0. The molecule has 0 N–H and O–H groups in total. The summed E-state index contributed by atoms with van der Waals surface area (Å²) in [6, 6.07) is 13.0. The smallest absolute Gasteiger partial charge is 0.331 e. The summed E-state index contributed by atoms with van der Waals surface area (Å²) in [6.45, 7) is 2.19. The Balaban J connectivity index is 1.88. The first kappa shape index (κ1) is 14.4.